The minimum absolute atomic E-state index is 0.103. The molecular weight excluding hydrogens is 222 g/mol. The van der Waals surface area contributed by atoms with Gasteiger partial charge >= 0.3 is 5.97 Å². The quantitative estimate of drug-likeness (QED) is 0.777. The number of carbonyl (C=O) groups excluding carboxylic acids is 1. The third kappa shape index (κ3) is 4.26. The van der Waals surface area contributed by atoms with E-state index in [-0.39, 0.29) is 18.4 Å². The minimum atomic E-state index is -0.274. The predicted octanol–water partition coefficient (Wildman–Crippen LogP) is 1.16. The highest BCUT2D eigenvalue weighted by Gasteiger charge is 2.11. The van der Waals surface area contributed by atoms with E-state index >= 15 is 0 Å². The maximum absolute atomic E-state index is 11.1. The van der Waals surface area contributed by atoms with Crippen LogP contribution in [0.15, 0.2) is 6.07 Å². The molecule has 1 aromatic rings. The molecule has 1 unspecified atom stereocenters. The van der Waals surface area contributed by atoms with Crippen LogP contribution >= 0.6 is 0 Å². The molecule has 1 rings (SSSR count). The van der Waals surface area contributed by atoms with Gasteiger partial charge in [0.2, 0.25) is 11.8 Å². The lowest BCUT2D eigenvalue weighted by molar-refractivity contribution is -0.140. The van der Waals surface area contributed by atoms with Gasteiger partial charge in [0.25, 0.3) is 0 Å². The van der Waals surface area contributed by atoms with Gasteiger partial charge in [-0.2, -0.15) is 4.98 Å². The molecule has 0 radical (unpaired) electrons. The number of ether oxygens (including phenoxy) is 2. The van der Waals surface area contributed by atoms with Crippen molar-refractivity contribution in [2.75, 3.05) is 19.5 Å². The summed E-state index contributed by atoms with van der Waals surface area (Å²) in [5.41, 5.74) is 0.796. The Labute approximate surface area is 100 Å². The first-order valence-electron chi connectivity index (χ1n) is 5.28. The van der Waals surface area contributed by atoms with Gasteiger partial charge in [0, 0.05) is 17.8 Å². The van der Waals surface area contributed by atoms with Gasteiger partial charge in [-0.1, -0.05) is 0 Å². The second-order valence-corrected chi connectivity index (χ2v) is 3.70. The average Bonchev–Trinajstić information content (AvgIpc) is 2.27. The molecule has 0 bridgehead atoms. The first-order chi connectivity index (χ1) is 8.05. The summed E-state index contributed by atoms with van der Waals surface area (Å²) in [7, 11) is 2.91. The Morgan fingerprint density at radius 1 is 1.47 bits per heavy atom. The molecule has 0 aromatic carbocycles. The Kier molecular flexibility index (Phi) is 4.68. The van der Waals surface area contributed by atoms with E-state index in [1.54, 1.807) is 13.2 Å². The van der Waals surface area contributed by atoms with E-state index in [0.717, 1.165) is 5.69 Å². The summed E-state index contributed by atoms with van der Waals surface area (Å²) in [6, 6.07) is 1.63. The Hall–Kier alpha value is -1.85. The van der Waals surface area contributed by atoms with E-state index in [9.17, 15) is 4.79 Å². The molecule has 1 heterocycles. The smallest absolute Gasteiger partial charge is 0.307 e. The SMILES string of the molecule is COC(=O)CC(C)Nc1nc(C)cc(OC)n1. The lowest BCUT2D eigenvalue weighted by atomic mass is 10.2. The number of carbonyl (C=O) groups is 1. The molecule has 94 valence electrons. The Balaban J connectivity index is 2.67. The highest BCUT2D eigenvalue weighted by Crippen LogP contribution is 2.12. The Bertz CT molecular complexity index is 396. The van der Waals surface area contributed by atoms with Crippen LogP contribution in [0.25, 0.3) is 0 Å². The van der Waals surface area contributed by atoms with Crippen molar-refractivity contribution in [2.24, 2.45) is 0 Å². The lowest BCUT2D eigenvalue weighted by Gasteiger charge is -2.13. The monoisotopic (exact) mass is 239 g/mol. The molecule has 0 aliphatic rings. The zero-order valence-corrected chi connectivity index (χ0v) is 10.5. The van der Waals surface area contributed by atoms with Gasteiger partial charge in [0.05, 0.1) is 20.6 Å². The largest absolute Gasteiger partial charge is 0.481 e. The van der Waals surface area contributed by atoms with Crippen molar-refractivity contribution in [1.29, 1.82) is 0 Å². The Morgan fingerprint density at radius 3 is 2.76 bits per heavy atom. The standard InChI is InChI=1S/C11H17N3O3/c1-7-5-9(16-3)14-11(12-7)13-8(2)6-10(15)17-4/h5,8H,6H2,1-4H3,(H,12,13,14). The molecule has 6 heteroatoms. The topological polar surface area (TPSA) is 73.3 Å². The number of aromatic nitrogens is 2. The first-order valence-corrected chi connectivity index (χ1v) is 5.28. The second-order valence-electron chi connectivity index (χ2n) is 3.70. The zero-order chi connectivity index (χ0) is 12.8. The summed E-state index contributed by atoms with van der Waals surface area (Å²) < 4.78 is 9.62. The van der Waals surface area contributed by atoms with E-state index in [4.69, 9.17) is 4.74 Å². The highest BCUT2D eigenvalue weighted by molar-refractivity contribution is 5.70. The van der Waals surface area contributed by atoms with Crippen LogP contribution in [0.1, 0.15) is 19.0 Å². The molecular formula is C11H17N3O3. The van der Waals surface area contributed by atoms with Crippen LogP contribution in [0.3, 0.4) is 0 Å². The van der Waals surface area contributed by atoms with E-state index in [0.29, 0.717) is 11.8 Å². The number of methoxy groups -OCH3 is 2. The summed E-state index contributed by atoms with van der Waals surface area (Å²) in [5, 5.41) is 3.02. The average molecular weight is 239 g/mol. The van der Waals surface area contributed by atoms with Crippen LogP contribution in [0, 0.1) is 6.92 Å². The van der Waals surface area contributed by atoms with Crippen LogP contribution in [-0.4, -0.2) is 36.2 Å². The van der Waals surface area contributed by atoms with Crippen molar-refractivity contribution >= 4 is 11.9 Å². The zero-order valence-electron chi connectivity index (χ0n) is 10.5. The van der Waals surface area contributed by atoms with Crippen LogP contribution in [0.5, 0.6) is 5.88 Å². The van der Waals surface area contributed by atoms with Crippen molar-refractivity contribution < 1.29 is 14.3 Å². The van der Waals surface area contributed by atoms with Gasteiger partial charge in [-0.25, -0.2) is 4.98 Å². The molecule has 0 aliphatic carbocycles. The Morgan fingerprint density at radius 2 is 2.18 bits per heavy atom. The molecule has 0 aliphatic heterocycles. The summed E-state index contributed by atoms with van der Waals surface area (Å²) in [4.78, 5) is 19.4. The molecule has 0 fully saturated rings. The lowest BCUT2D eigenvalue weighted by Crippen LogP contribution is -2.21. The number of esters is 1. The number of nitrogens with one attached hydrogen (secondary N) is 1. The van der Waals surface area contributed by atoms with Crippen LogP contribution in [-0.2, 0) is 9.53 Å². The fraction of sp³-hybridized carbons (Fsp3) is 0.545. The second kappa shape index (κ2) is 6.03. The van der Waals surface area contributed by atoms with E-state index in [2.05, 4.69) is 20.0 Å². The van der Waals surface area contributed by atoms with E-state index in [1.807, 2.05) is 13.8 Å². The summed E-state index contributed by atoms with van der Waals surface area (Å²) >= 11 is 0. The molecule has 0 spiro atoms. The molecule has 1 aromatic heterocycles. The van der Waals surface area contributed by atoms with Crippen molar-refractivity contribution in [3.63, 3.8) is 0 Å². The predicted molar refractivity (Wildman–Crippen MR) is 63.0 cm³/mol. The maximum Gasteiger partial charge on any atom is 0.307 e. The van der Waals surface area contributed by atoms with Gasteiger partial charge in [0.1, 0.15) is 0 Å². The summed E-state index contributed by atoms with van der Waals surface area (Å²) in [6.45, 7) is 3.70. The first kappa shape index (κ1) is 13.2. The van der Waals surface area contributed by atoms with Crippen LogP contribution in [0.4, 0.5) is 5.95 Å². The van der Waals surface area contributed by atoms with Crippen molar-refractivity contribution in [3.05, 3.63) is 11.8 Å². The number of aryl methyl sites for hydroxylation is 1. The van der Waals surface area contributed by atoms with Crippen LogP contribution < -0.4 is 10.1 Å². The molecule has 1 N–H and O–H groups in total. The molecule has 6 nitrogen and oxygen atoms in total. The fourth-order valence-electron chi connectivity index (χ4n) is 1.31. The van der Waals surface area contributed by atoms with E-state index < -0.39 is 0 Å². The summed E-state index contributed by atoms with van der Waals surface area (Å²) in [5.74, 6) is 0.660. The molecule has 17 heavy (non-hydrogen) atoms. The summed E-state index contributed by atoms with van der Waals surface area (Å²) in [6.07, 6.45) is 0.260. The third-order valence-electron chi connectivity index (χ3n) is 2.12. The van der Waals surface area contributed by atoms with Crippen molar-refractivity contribution in [3.8, 4) is 5.88 Å². The molecule has 1 atom stereocenters. The van der Waals surface area contributed by atoms with Crippen LogP contribution in [0.2, 0.25) is 0 Å². The van der Waals surface area contributed by atoms with Gasteiger partial charge < -0.3 is 14.8 Å². The van der Waals surface area contributed by atoms with E-state index in [1.165, 1.54) is 7.11 Å². The third-order valence-corrected chi connectivity index (χ3v) is 2.12. The fourth-order valence-corrected chi connectivity index (χ4v) is 1.31. The van der Waals surface area contributed by atoms with Gasteiger partial charge in [0.15, 0.2) is 0 Å². The van der Waals surface area contributed by atoms with Gasteiger partial charge in [-0.05, 0) is 13.8 Å². The van der Waals surface area contributed by atoms with Gasteiger partial charge in [-0.3, -0.25) is 4.79 Å². The molecule has 0 amide bonds. The molecule has 0 saturated carbocycles. The number of rotatable bonds is 5. The minimum Gasteiger partial charge on any atom is -0.481 e. The van der Waals surface area contributed by atoms with Gasteiger partial charge in [-0.15, -0.1) is 0 Å². The molecule has 0 saturated heterocycles. The number of hydrogen-bond acceptors (Lipinski definition) is 6. The maximum atomic E-state index is 11.1. The van der Waals surface area contributed by atoms with Crippen molar-refractivity contribution in [2.45, 2.75) is 26.3 Å². The normalized spacial score (nSPS) is 11.8. The highest BCUT2D eigenvalue weighted by atomic mass is 16.5. The number of hydrogen-bond donors (Lipinski definition) is 1. The number of nitrogens with zero attached hydrogens (tertiary/aromatic N) is 2. The number of anilines is 1. The van der Waals surface area contributed by atoms with Crippen molar-refractivity contribution in [1.82, 2.24) is 9.97 Å².